The number of halogens is 1. The van der Waals surface area contributed by atoms with Crippen LogP contribution in [-0.4, -0.2) is 32.4 Å². The Bertz CT molecular complexity index is 3090. The minimum absolute atomic E-state index is 0.0107. The van der Waals surface area contributed by atoms with Gasteiger partial charge >= 0.3 is 5.56 Å². The quantitative estimate of drug-likeness (QED) is 0.0571. The molecule has 340 valence electrons. The summed E-state index contributed by atoms with van der Waals surface area (Å²) in [7, 11) is 0. The van der Waals surface area contributed by atoms with E-state index in [0.717, 1.165) is 117 Å². The van der Waals surface area contributed by atoms with Crippen molar-refractivity contribution in [2.24, 2.45) is 94.7 Å². The highest BCUT2D eigenvalue weighted by Crippen LogP contribution is 2.73. The molecular formula is C55H59BrN5O5+. The number of hydrogen-bond acceptors (Lipinski definition) is 6. The van der Waals surface area contributed by atoms with E-state index in [0.29, 0.717) is 51.0 Å². The first-order valence-electron chi connectivity index (χ1n) is 26.1. The summed E-state index contributed by atoms with van der Waals surface area (Å²) in [6.07, 6.45) is 22.2. The number of non-ortho nitro benzene ring substituents is 1. The zero-order valence-electron chi connectivity index (χ0n) is 37.6. The van der Waals surface area contributed by atoms with Crippen LogP contribution in [0, 0.1) is 115 Å². The summed E-state index contributed by atoms with van der Waals surface area (Å²) in [6.45, 7) is 2.22. The fraction of sp³-hybridized carbons (Fsp3) is 0.600. The fourth-order valence-corrected chi connectivity index (χ4v) is 20.8. The van der Waals surface area contributed by atoms with Crippen LogP contribution in [0.15, 0.2) is 64.0 Å². The van der Waals surface area contributed by atoms with Crippen molar-refractivity contribution in [3.63, 3.8) is 0 Å². The number of likely N-dealkylation sites (tertiary alicyclic amines) is 1. The summed E-state index contributed by atoms with van der Waals surface area (Å²) < 4.78 is 4.11. The monoisotopic (exact) mass is 948 g/mol. The topological polar surface area (TPSA) is 115 Å². The van der Waals surface area contributed by atoms with Crippen LogP contribution >= 0.6 is 15.9 Å². The zero-order chi connectivity index (χ0) is 44.0. The van der Waals surface area contributed by atoms with Crippen LogP contribution in [0.25, 0.3) is 43.4 Å². The minimum Gasteiger partial charge on any atom is -0.298 e. The third kappa shape index (κ3) is 5.23. The summed E-state index contributed by atoms with van der Waals surface area (Å²) in [6, 6.07) is 14.1. The molecule has 8 saturated carbocycles. The van der Waals surface area contributed by atoms with Crippen LogP contribution in [0.5, 0.6) is 0 Å². The number of rotatable bonds is 4. The Morgan fingerprint density at radius 3 is 1.82 bits per heavy atom. The van der Waals surface area contributed by atoms with E-state index in [9.17, 15) is 25.0 Å². The first kappa shape index (κ1) is 39.7. The number of nitrogens with zero attached hydrogens (tertiary/aromatic N) is 5. The number of nitro benzene ring substituents is 2. The second kappa shape index (κ2) is 14.2. The third-order valence-corrected chi connectivity index (χ3v) is 22.4. The molecule has 9 fully saturated rings. The van der Waals surface area contributed by atoms with Gasteiger partial charge in [-0.3, -0.25) is 29.9 Å². The molecule has 0 radical (unpaired) electrons. The highest BCUT2D eigenvalue weighted by atomic mass is 79.9. The molecule has 8 aliphatic carbocycles. The van der Waals surface area contributed by atoms with Crippen molar-refractivity contribution in [1.29, 1.82) is 0 Å². The first-order valence-corrected chi connectivity index (χ1v) is 26.9. The second-order valence-electron chi connectivity index (χ2n) is 23.6. The van der Waals surface area contributed by atoms with Gasteiger partial charge in [0.2, 0.25) is 11.7 Å². The lowest BCUT2D eigenvalue weighted by Crippen LogP contribution is -2.66. The molecule has 2 aromatic heterocycles. The van der Waals surface area contributed by atoms with Crippen molar-refractivity contribution in [3.8, 4) is 0 Å². The smallest absolute Gasteiger partial charge is 0.298 e. The van der Waals surface area contributed by atoms with Crippen LogP contribution in [-0.2, 0) is 6.54 Å². The normalized spacial score (nSPS) is 38.9. The summed E-state index contributed by atoms with van der Waals surface area (Å²) in [5.41, 5.74) is 1.15. The Morgan fingerprint density at radius 2 is 1.20 bits per heavy atom. The van der Waals surface area contributed by atoms with Gasteiger partial charge in [-0.25, -0.2) is 0 Å². The third-order valence-electron chi connectivity index (χ3n) is 21.7. The van der Waals surface area contributed by atoms with Gasteiger partial charge in [0.15, 0.2) is 0 Å². The molecule has 10 unspecified atom stereocenters. The van der Waals surface area contributed by atoms with Crippen LogP contribution in [0.3, 0.4) is 0 Å². The largest absolute Gasteiger partial charge is 0.315 e. The molecule has 66 heavy (non-hydrogen) atoms. The van der Waals surface area contributed by atoms with E-state index in [1.54, 1.807) is 22.8 Å². The van der Waals surface area contributed by atoms with Gasteiger partial charge in [-0.2, -0.15) is 0 Å². The average Bonchev–Trinajstić information content (AvgIpc) is 3.33. The molecule has 11 heteroatoms. The maximum Gasteiger partial charge on any atom is 0.315 e. The van der Waals surface area contributed by atoms with Gasteiger partial charge in [-0.05, 0) is 171 Å². The molecular weight excluding hydrogens is 891 g/mol. The Kier molecular flexibility index (Phi) is 8.54. The first-order chi connectivity index (χ1) is 32.2. The van der Waals surface area contributed by atoms with Crippen molar-refractivity contribution in [2.45, 2.75) is 96.4 Å². The molecule has 0 bridgehead atoms. The van der Waals surface area contributed by atoms with Gasteiger partial charge in [-0.15, -0.1) is 0 Å². The van der Waals surface area contributed by atoms with Crippen LogP contribution in [0.1, 0.15) is 95.5 Å². The molecule has 1 saturated heterocycles. The number of piperidine rings is 1. The van der Waals surface area contributed by atoms with Gasteiger partial charge in [0.05, 0.1) is 31.6 Å². The zero-order valence-corrected chi connectivity index (χ0v) is 39.2. The Labute approximate surface area is 392 Å². The Hall–Kier alpha value is -4.22. The van der Waals surface area contributed by atoms with Gasteiger partial charge < -0.3 is 0 Å². The molecule has 0 N–H and O–H groups in total. The molecule has 1 aliphatic heterocycles. The van der Waals surface area contributed by atoms with Gasteiger partial charge in [0, 0.05) is 64.5 Å². The number of hydrogen-bond donors (Lipinski definition) is 0. The highest BCUT2D eigenvalue weighted by Gasteiger charge is 2.67. The standard InChI is InChI=1S/C55H59BrN5O5/c56-44-18-19-45-51-40(44)8-3-9-41(51)55(62)59-47-22-31(60(63)64)21-42-43(46(61(65)66)20-30(50(42)47)25-58(45)59)26-57-23-28-10-12-34-38-16-14-36-32-6-1-4-27-5-2-7-33(49(27)32)37-15-17-39(54(38)53(36)37)35-13-11-29(24-57)48(28)52(34)35/h3,8-9,18-22,25,27-29,32-39,48-49,52-54H,1-2,4-7,10-17,23-24,26H2/q+1. The van der Waals surface area contributed by atoms with E-state index in [1.165, 1.54) is 107 Å². The summed E-state index contributed by atoms with van der Waals surface area (Å²) >= 11 is 3.66. The molecule has 10 nitrogen and oxygen atoms in total. The number of benzene rings is 4. The van der Waals surface area contributed by atoms with E-state index in [-0.39, 0.29) is 21.9 Å². The Balaban J connectivity index is 0.790. The molecule has 4 aromatic carbocycles. The van der Waals surface area contributed by atoms with E-state index in [1.807, 2.05) is 24.3 Å². The maximum atomic E-state index is 14.6. The summed E-state index contributed by atoms with van der Waals surface area (Å²) in [5.74, 6) is 14.6. The SMILES string of the molecule is O=c1c2cccc3c(Br)ccc(c32)[n+]2cc3cc([N+](=O)[O-])c(CN4CC5CCC6C7CCC8C9CCCC%10CCCC(C%11CCC(C%12CCC(C4)C5C6%12)C7C8%11)C%109)c4cc([N+](=O)[O-])cc(c34)n12. The molecule has 6 aromatic rings. The fourth-order valence-electron chi connectivity index (χ4n) is 20.3. The van der Waals surface area contributed by atoms with Crippen molar-refractivity contribution in [3.05, 3.63) is 95.3 Å². The van der Waals surface area contributed by atoms with Gasteiger partial charge in [0.1, 0.15) is 5.52 Å². The van der Waals surface area contributed by atoms with Crippen molar-refractivity contribution < 1.29 is 14.4 Å². The number of aromatic nitrogens is 2. The number of nitro groups is 2. The predicted molar refractivity (Wildman–Crippen MR) is 257 cm³/mol. The van der Waals surface area contributed by atoms with Crippen LogP contribution in [0.2, 0.25) is 0 Å². The predicted octanol–water partition coefficient (Wildman–Crippen LogP) is 11.8. The molecule has 15 rings (SSSR count). The van der Waals surface area contributed by atoms with Crippen molar-refractivity contribution >= 4 is 70.7 Å². The lowest BCUT2D eigenvalue weighted by molar-refractivity contribution is -0.592. The lowest BCUT2D eigenvalue weighted by atomic mass is 9.34. The van der Waals surface area contributed by atoms with E-state index >= 15 is 0 Å². The maximum absolute atomic E-state index is 14.6. The van der Waals surface area contributed by atoms with Crippen LogP contribution < -0.4 is 10.1 Å². The van der Waals surface area contributed by atoms with Crippen molar-refractivity contribution in [1.82, 2.24) is 9.42 Å². The van der Waals surface area contributed by atoms with Gasteiger partial charge in [0.25, 0.3) is 11.4 Å². The molecule has 9 aliphatic rings. The Morgan fingerprint density at radius 1 is 0.606 bits per heavy atom. The van der Waals surface area contributed by atoms with Crippen molar-refractivity contribution in [2.75, 3.05) is 13.1 Å². The lowest BCUT2D eigenvalue weighted by Gasteiger charge is -2.71. The van der Waals surface area contributed by atoms with E-state index in [2.05, 4.69) is 20.8 Å². The van der Waals surface area contributed by atoms with Gasteiger partial charge in [-0.1, -0.05) is 62.8 Å². The van der Waals surface area contributed by atoms with E-state index < -0.39 is 4.92 Å². The van der Waals surface area contributed by atoms with Crippen LogP contribution in [0.4, 0.5) is 11.4 Å². The highest BCUT2D eigenvalue weighted by molar-refractivity contribution is 9.10. The molecule has 10 atom stereocenters. The molecule has 3 heterocycles. The average molecular weight is 950 g/mol. The second-order valence-corrected chi connectivity index (χ2v) is 24.4. The summed E-state index contributed by atoms with van der Waals surface area (Å²) in [5, 5.41) is 29.9. The summed E-state index contributed by atoms with van der Waals surface area (Å²) in [4.78, 5) is 42.4. The minimum atomic E-state index is -0.427. The molecule has 0 amide bonds. The number of fused-ring (bicyclic) bond motifs is 7. The molecule has 0 spiro atoms. The van der Waals surface area contributed by atoms with E-state index in [4.69, 9.17) is 0 Å².